The molecule has 0 bridgehead atoms. The molecule has 1 aliphatic heterocycles. The van der Waals surface area contributed by atoms with E-state index in [1.54, 1.807) is 27.7 Å². The normalized spacial score (nSPS) is 17.5. The molecule has 1 aliphatic rings. The van der Waals surface area contributed by atoms with Crippen molar-refractivity contribution in [2.45, 2.75) is 84.3 Å². The molecule has 1 heterocycles. The fourth-order valence-corrected chi connectivity index (χ4v) is 5.03. The number of carbonyl (C=O) groups excluding carboxylic acids is 2. The smallest absolute Gasteiger partial charge is 0.416 e. The summed E-state index contributed by atoms with van der Waals surface area (Å²) in [6, 6.07) is 1.09. The van der Waals surface area contributed by atoms with Crippen molar-refractivity contribution in [3.63, 3.8) is 0 Å². The van der Waals surface area contributed by atoms with Gasteiger partial charge in [0, 0.05) is 12.6 Å². The van der Waals surface area contributed by atoms with E-state index in [0.29, 0.717) is 18.2 Å². The number of carbonyl (C=O) groups is 2. The maximum Gasteiger partial charge on any atom is 0.416 e. The van der Waals surface area contributed by atoms with Crippen LogP contribution >= 0.6 is 0 Å². The molecule has 0 N–H and O–H groups in total. The summed E-state index contributed by atoms with van der Waals surface area (Å²) in [6.07, 6.45) is -18.1. The number of hydrogen-bond acceptors (Lipinski definition) is 4. The van der Waals surface area contributed by atoms with Gasteiger partial charge in [-0.3, -0.25) is 9.80 Å². The van der Waals surface area contributed by atoms with E-state index in [0.717, 1.165) is 21.9 Å². The van der Waals surface area contributed by atoms with Crippen LogP contribution in [0.3, 0.4) is 0 Å². The summed E-state index contributed by atoms with van der Waals surface area (Å²) >= 11 is 0. The topological polar surface area (TPSA) is 59.1 Å². The first-order chi connectivity index (χ1) is 20.1. The summed E-state index contributed by atoms with van der Waals surface area (Å²) in [7, 11) is 0. The number of nitrogens with zero attached hydrogens (tertiary/aromatic N) is 2. The molecule has 44 heavy (non-hydrogen) atoms. The number of anilines is 1. The summed E-state index contributed by atoms with van der Waals surface area (Å²) in [6.45, 7) is 6.79. The van der Waals surface area contributed by atoms with E-state index in [1.807, 2.05) is 0 Å². The third-order valence-electron chi connectivity index (χ3n) is 6.95. The second kappa shape index (κ2) is 12.8. The van der Waals surface area contributed by atoms with E-state index in [-0.39, 0.29) is 36.3 Å². The lowest BCUT2D eigenvalue weighted by atomic mass is 9.84. The van der Waals surface area contributed by atoms with Crippen LogP contribution in [0.1, 0.15) is 74.9 Å². The molecule has 0 fully saturated rings. The van der Waals surface area contributed by atoms with Crippen LogP contribution < -0.4 is 4.90 Å². The van der Waals surface area contributed by atoms with Gasteiger partial charge in [-0.25, -0.2) is 9.59 Å². The van der Waals surface area contributed by atoms with Crippen molar-refractivity contribution in [3.05, 3.63) is 64.2 Å². The fraction of sp³-hybridized carbons (Fsp3) is 0.517. The second-order valence-electron chi connectivity index (χ2n) is 10.9. The van der Waals surface area contributed by atoms with Gasteiger partial charge in [-0.05, 0) is 80.6 Å². The van der Waals surface area contributed by atoms with Crippen LogP contribution in [0.2, 0.25) is 0 Å². The van der Waals surface area contributed by atoms with E-state index in [2.05, 4.69) is 0 Å². The average molecular weight is 643 g/mol. The average Bonchev–Trinajstić information content (AvgIpc) is 2.88. The highest BCUT2D eigenvalue weighted by Crippen LogP contribution is 2.46. The van der Waals surface area contributed by atoms with Gasteiger partial charge in [0.15, 0.2) is 0 Å². The van der Waals surface area contributed by atoms with E-state index in [9.17, 15) is 49.1 Å². The molecule has 2 unspecified atom stereocenters. The SMILES string of the molecule is CCOC(=O)N(Cc1cc(C(F)(F)F)cc(C(F)(F)F)c1)C1CC(C(C)C)N(C(=O)OC(C)C)c2ccc(C(F)(F)F)cc21. The number of alkyl halides is 9. The summed E-state index contributed by atoms with van der Waals surface area (Å²) in [5, 5.41) is 0. The fourth-order valence-electron chi connectivity index (χ4n) is 5.03. The zero-order valence-corrected chi connectivity index (χ0v) is 24.3. The Morgan fingerprint density at radius 3 is 1.86 bits per heavy atom. The van der Waals surface area contributed by atoms with Gasteiger partial charge < -0.3 is 9.47 Å². The molecule has 2 amide bonds. The predicted molar refractivity (Wildman–Crippen MR) is 141 cm³/mol. The number of hydrogen-bond donors (Lipinski definition) is 0. The van der Waals surface area contributed by atoms with Crippen molar-refractivity contribution in [1.29, 1.82) is 0 Å². The first-order valence-electron chi connectivity index (χ1n) is 13.6. The highest BCUT2D eigenvalue weighted by atomic mass is 19.4. The standard InChI is InChI=1S/C29H31F9N2O4/c1-6-43-25(41)39(14-17-9-19(28(33,34)35)11-20(10-17)29(36,37)38)24-13-23(15(2)3)40(26(42)44-16(4)5)22-8-7-18(12-21(22)24)27(30,31)32/h7-12,15-16,23-24H,6,13-14H2,1-5H3. The van der Waals surface area contributed by atoms with Crippen molar-refractivity contribution in [1.82, 2.24) is 4.90 Å². The number of benzene rings is 2. The van der Waals surface area contributed by atoms with Crippen LogP contribution in [0.5, 0.6) is 0 Å². The zero-order valence-electron chi connectivity index (χ0n) is 24.3. The molecule has 0 aliphatic carbocycles. The van der Waals surface area contributed by atoms with E-state index in [1.165, 1.54) is 6.92 Å². The Kier molecular flexibility index (Phi) is 10.1. The van der Waals surface area contributed by atoms with Gasteiger partial charge in [0.2, 0.25) is 0 Å². The summed E-state index contributed by atoms with van der Waals surface area (Å²) < 4.78 is 133. The minimum atomic E-state index is -5.18. The third kappa shape index (κ3) is 7.89. The third-order valence-corrected chi connectivity index (χ3v) is 6.95. The molecule has 244 valence electrons. The van der Waals surface area contributed by atoms with Gasteiger partial charge >= 0.3 is 30.7 Å². The monoisotopic (exact) mass is 642 g/mol. The number of amides is 2. The van der Waals surface area contributed by atoms with Crippen LogP contribution in [0.4, 0.5) is 54.8 Å². The van der Waals surface area contributed by atoms with E-state index >= 15 is 0 Å². The first kappa shape index (κ1) is 34.8. The lowest BCUT2D eigenvalue weighted by Crippen LogP contribution is -2.51. The Bertz CT molecular complexity index is 1320. The molecule has 6 nitrogen and oxygen atoms in total. The van der Waals surface area contributed by atoms with Gasteiger partial charge in [0.1, 0.15) is 0 Å². The molecule has 0 spiro atoms. The molecule has 2 aromatic rings. The Labute approximate surface area is 247 Å². The highest BCUT2D eigenvalue weighted by Gasteiger charge is 2.44. The van der Waals surface area contributed by atoms with Crippen molar-refractivity contribution in [2.24, 2.45) is 5.92 Å². The first-order valence-corrected chi connectivity index (χ1v) is 13.6. The molecule has 2 atom stereocenters. The van der Waals surface area contributed by atoms with Gasteiger partial charge in [-0.2, -0.15) is 39.5 Å². The van der Waals surface area contributed by atoms with Gasteiger partial charge in [-0.15, -0.1) is 0 Å². The molecule has 15 heteroatoms. The molecular weight excluding hydrogens is 611 g/mol. The number of ether oxygens (including phenoxy) is 2. The lowest BCUT2D eigenvalue weighted by molar-refractivity contribution is -0.143. The summed E-state index contributed by atoms with van der Waals surface area (Å²) in [5.74, 6) is -0.387. The van der Waals surface area contributed by atoms with E-state index in [4.69, 9.17) is 9.47 Å². The van der Waals surface area contributed by atoms with Crippen LogP contribution in [0, 0.1) is 5.92 Å². The number of fused-ring (bicyclic) bond motifs is 1. The van der Waals surface area contributed by atoms with Crippen molar-refractivity contribution < 1.29 is 58.6 Å². The van der Waals surface area contributed by atoms with Crippen LogP contribution in [0.25, 0.3) is 0 Å². The van der Waals surface area contributed by atoms with E-state index < -0.39 is 77.7 Å². The highest BCUT2D eigenvalue weighted by molar-refractivity contribution is 5.91. The van der Waals surface area contributed by atoms with Gasteiger partial charge in [-0.1, -0.05) is 13.8 Å². The maximum absolute atomic E-state index is 13.8. The molecule has 3 rings (SSSR count). The molecule has 0 saturated carbocycles. The van der Waals surface area contributed by atoms with Crippen molar-refractivity contribution in [3.8, 4) is 0 Å². The van der Waals surface area contributed by atoms with Crippen molar-refractivity contribution in [2.75, 3.05) is 11.5 Å². The van der Waals surface area contributed by atoms with Gasteiger partial charge in [0.25, 0.3) is 0 Å². The molecule has 0 radical (unpaired) electrons. The lowest BCUT2D eigenvalue weighted by Gasteiger charge is -2.45. The molecular formula is C29H31F9N2O4. The van der Waals surface area contributed by atoms with Crippen LogP contribution in [-0.4, -0.2) is 35.8 Å². The van der Waals surface area contributed by atoms with Crippen LogP contribution in [0.15, 0.2) is 36.4 Å². The summed E-state index contributed by atoms with van der Waals surface area (Å²) in [5.41, 5.74) is -5.27. The predicted octanol–water partition coefficient (Wildman–Crippen LogP) is 9.22. The molecule has 0 aromatic heterocycles. The van der Waals surface area contributed by atoms with Crippen LogP contribution in [-0.2, 0) is 34.5 Å². The minimum Gasteiger partial charge on any atom is -0.450 e. The largest absolute Gasteiger partial charge is 0.450 e. The summed E-state index contributed by atoms with van der Waals surface area (Å²) in [4.78, 5) is 28.4. The minimum absolute atomic E-state index is 0.0621. The number of rotatable bonds is 6. The zero-order chi connectivity index (χ0) is 33.4. The Balaban J connectivity index is 2.28. The Hall–Kier alpha value is -3.65. The molecule has 0 saturated heterocycles. The maximum atomic E-state index is 13.8. The van der Waals surface area contributed by atoms with Crippen molar-refractivity contribution >= 4 is 17.9 Å². The molecule has 2 aromatic carbocycles. The Morgan fingerprint density at radius 1 is 0.864 bits per heavy atom. The van der Waals surface area contributed by atoms with Gasteiger partial charge in [0.05, 0.1) is 41.1 Å². The number of halogens is 9. The second-order valence-corrected chi connectivity index (χ2v) is 10.9. The Morgan fingerprint density at radius 2 is 1.41 bits per heavy atom. The quantitative estimate of drug-likeness (QED) is 0.295.